The van der Waals surface area contributed by atoms with Gasteiger partial charge >= 0.3 is 0 Å². The van der Waals surface area contributed by atoms with Gasteiger partial charge in [-0.15, -0.1) is 0 Å². The smallest absolute Gasteiger partial charge is 0.127 e. The summed E-state index contributed by atoms with van der Waals surface area (Å²) in [6.45, 7) is 5.31. The minimum absolute atomic E-state index is 0.732. The SMILES string of the molecule is COc1cccc(OC)c1CN(Cc1cccnc1)CC1CCN(C2CCCC2)CC1. The maximum absolute atomic E-state index is 5.67. The van der Waals surface area contributed by atoms with Crippen LogP contribution in [0.2, 0.25) is 0 Å². The maximum atomic E-state index is 5.67. The molecule has 0 radical (unpaired) electrons. The molecule has 0 unspecified atom stereocenters. The molecule has 1 aliphatic carbocycles. The number of rotatable bonds is 9. The normalized spacial score (nSPS) is 18.5. The fourth-order valence-corrected chi connectivity index (χ4v) is 5.38. The van der Waals surface area contributed by atoms with E-state index in [1.165, 1.54) is 57.2 Å². The number of likely N-dealkylation sites (tertiary alicyclic amines) is 1. The van der Waals surface area contributed by atoms with Gasteiger partial charge in [-0.25, -0.2) is 0 Å². The van der Waals surface area contributed by atoms with Gasteiger partial charge in [-0.3, -0.25) is 9.88 Å². The molecule has 1 saturated carbocycles. The van der Waals surface area contributed by atoms with Gasteiger partial charge in [0.2, 0.25) is 0 Å². The van der Waals surface area contributed by atoms with Gasteiger partial charge in [-0.1, -0.05) is 25.0 Å². The fraction of sp³-hybridized carbons (Fsp3) is 0.577. The van der Waals surface area contributed by atoms with Crippen molar-refractivity contribution in [1.82, 2.24) is 14.8 Å². The lowest BCUT2D eigenvalue weighted by Crippen LogP contribution is -2.42. The molecule has 2 aromatic rings. The van der Waals surface area contributed by atoms with Crippen LogP contribution in [0, 0.1) is 5.92 Å². The minimum atomic E-state index is 0.732. The number of piperidine rings is 1. The van der Waals surface area contributed by atoms with Crippen LogP contribution in [0.25, 0.3) is 0 Å². The van der Waals surface area contributed by atoms with Gasteiger partial charge < -0.3 is 14.4 Å². The summed E-state index contributed by atoms with van der Waals surface area (Å²) < 4.78 is 11.3. The second-order valence-corrected chi connectivity index (χ2v) is 9.09. The van der Waals surface area contributed by atoms with E-state index in [1.54, 1.807) is 14.2 Å². The molecule has 0 amide bonds. The highest BCUT2D eigenvalue weighted by atomic mass is 16.5. The third-order valence-corrected chi connectivity index (χ3v) is 7.05. The zero-order valence-corrected chi connectivity index (χ0v) is 19.1. The first-order valence-electron chi connectivity index (χ1n) is 11.8. The van der Waals surface area contributed by atoms with Gasteiger partial charge in [0.05, 0.1) is 19.8 Å². The largest absolute Gasteiger partial charge is 0.496 e. The second kappa shape index (κ2) is 11.0. The summed E-state index contributed by atoms with van der Waals surface area (Å²) in [6.07, 6.45) is 12.1. The molecule has 5 heteroatoms. The van der Waals surface area contributed by atoms with E-state index in [2.05, 4.69) is 20.9 Å². The fourth-order valence-electron chi connectivity index (χ4n) is 5.38. The van der Waals surface area contributed by atoms with E-state index >= 15 is 0 Å². The minimum Gasteiger partial charge on any atom is -0.496 e. The Labute approximate surface area is 187 Å². The van der Waals surface area contributed by atoms with Crippen molar-refractivity contribution < 1.29 is 9.47 Å². The van der Waals surface area contributed by atoms with Gasteiger partial charge in [0.15, 0.2) is 0 Å². The molecular formula is C26H37N3O2. The summed E-state index contributed by atoms with van der Waals surface area (Å²) in [5.41, 5.74) is 2.37. The van der Waals surface area contributed by atoms with E-state index in [9.17, 15) is 0 Å². The van der Waals surface area contributed by atoms with Crippen LogP contribution in [-0.4, -0.2) is 54.7 Å². The molecular weight excluding hydrogens is 386 g/mol. The Morgan fingerprint density at radius 2 is 1.65 bits per heavy atom. The number of methoxy groups -OCH3 is 2. The highest BCUT2D eigenvalue weighted by molar-refractivity contribution is 5.44. The zero-order valence-electron chi connectivity index (χ0n) is 19.1. The number of hydrogen-bond acceptors (Lipinski definition) is 5. The van der Waals surface area contributed by atoms with Crippen LogP contribution >= 0.6 is 0 Å². The van der Waals surface area contributed by atoms with Crippen LogP contribution in [0.4, 0.5) is 0 Å². The van der Waals surface area contributed by atoms with Gasteiger partial charge in [-0.05, 0) is 68.5 Å². The predicted molar refractivity (Wildman–Crippen MR) is 124 cm³/mol. The van der Waals surface area contributed by atoms with Crippen molar-refractivity contribution in [2.45, 2.75) is 57.7 Å². The third-order valence-electron chi connectivity index (χ3n) is 7.05. The molecule has 2 aliphatic rings. The Morgan fingerprint density at radius 1 is 0.935 bits per heavy atom. The van der Waals surface area contributed by atoms with Crippen molar-refractivity contribution >= 4 is 0 Å². The Hall–Kier alpha value is -2.11. The molecule has 1 aromatic heterocycles. The van der Waals surface area contributed by atoms with Crippen LogP contribution < -0.4 is 9.47 Å². The Balaban J connectivity index is 1.45. The number of aromatic nitrogens is 1. The number of nitrogens with zero attached hydrogens (tertiary/aromatic N) is 3. The van der Waals surface area contributed by atoms with Gasteiger partial charge in [0.1, 0.15) is 11.5 Å². The monoisotopic (exact) mass is 423 g/mol. The third kappa shape index (κ3) is 5.78. The molecule has 0 N–H and O–H groups in total. The molecule has 31 heavy (non-hydrogen) atoms. The summed E-state index contributed by atoms with van der Waals surface area (Å²) in [5, 5.41) is 0. The Bertz CT molecular complexity index is 777. The van der Waals surface area contributed by atoms with Crippen LogP contribution in [0.3, 0.4) is 0 Å². The molecule has 1 saturated heterocycles. The second-order valence-electron chi connectivity index (χ2n) is 9.09. The van der Waals surface area contributed by atoms with Gasteiger partial charge in [-0.2, -0.15) is 0 Å². The molecule has 4 rings (SSSR count). The van der Waals surface area contributed by atoms with Crippen LogP contribution in [0.5, 0.6) is 11.5 Å². The molecule has 1 aliphatic heterocycles. The summed E-state index contributed by atoms with van der Waals surface area (Å²) in [6, 6.07) is 11.1. The van der Waals surface area contributed by atoms with E-state index in [0.29, 0.717) is 0 Å². The van der Waals surface area contributed by atoms with Crippen molar-refractivity contribution in [2.24, 2.45) is 5.92 Å². The van der Waals surface area contributed by atoms with Gasteiger partial charge in [0.25, 0.3) is 0 Å². The van der Waals surface area contributed by atoms with Crippen molar-refractivity contribution in [3.63, 3.8) is 0 Å². The van der Waals surface area contributed by atoms with E-state index in [1.807, 2.05) is 36.7 Å². The zero-order chi connectivity index (χ0) is 21.5. The van der Waals surface area contributed by atoms with Crippen LogP contribution in [-0.2, 0) is 13.1 Å². The summed E-state index contributed by atoms with van der Waals surface area (Å²) in [7, 11) is 3.48. The summed E-state index contributed by atoms with van der Waals surface area (Å²) in [5.74, 6) is 2.52. The van der Waals surface area contributed by atoms with Crippen molar-refractivity contribution in [2.75, 3.05) is 33.9 Å². The summed E-state index contributed by atoms with van der Waals surface area (Å²) >= 11 is 0. The highest BCUT2D eigenvalue weighted by Gasteiger charge is 2.28. The molecule has 2 fully saturated rings. The predicted octanol–water partition coefficient (Wildman–Crippen LogP) is 4.76. The molecule has 1 aromatic carbocycles. The lowest BCUT2D eigenvalue weighted by Gasteiger charge is -2.38. The summed E-state index contributed by atoms with van der Waals surface area (Å²) in [4.78, 5) is 9.64. The molecule has 0 bridgehead atoms. The molecule has 168 valence electrons. The van der Waals surface area contributed by atoms with E-state index in [-0.39, 0.29) is 0 Å². The van der Waals surface area contributed by atoms with E-state index in [4.69, 9.17) is 9.47 Å². The van der Waals surface area contributed by atoms with Crippen molar-refractivity contribution in [3.8, 4) is 11.5 Å². The standard InChI is InChI=1S/C26H37N3O2/c1-30-25-10-5-11-26(31-2)24(25)20-28(19-22-7-6-14-27-17-22)18-21-12-15-29(16-13-21)23-8-3-4-9-23/h5-7,10-11,14,17,21,23H,3-4,8-9,12-13,15-16,18-20H2,1-2H3. The quantitative estimate of drug-likeness (QED) is 0.582. The first-order chi connectivity index (χ1) is 15.3. The number of benzene rings is 1. The number of hydrogen-bond donors (Lipinski definition) is 0. The van der Waals surface area contributed by atoms with E-state index in [0.717, 1.165) is 48.7 Å². The molecule has 0 atom stereocenters. The number of ether oxygens (including phenoxy) is 2. The molecule has 2 heterocycles. The molecule has 0 spiro atoms. The maximum Gasteiger partial charge on any atom is 0.127 e. The molecule has 5 nitrogen and oxygen atoms in total. The van der Waals surface area contributed by atoms with Crippen LogP contribution in [0.15, 0.2) is 42.7 Å². The Morgan fingerprint density at radius 3 is 2.26 bits per heavy atom. The Kier molecular flexibility index (Phi) is 7.81. The number of pyridine rings is 1. The topological polar surface area (TPSA) is 37.8 Å². The first-order valence-corrected chi connectivity index (χ1v) is 11.8. The van der Waals surface area contributed by atoms with E-state index < -0.39 is 0 Å². The lowest BCUT2D eigenvalue weighted by molar-refractivity contribution is 0.106. The highest BCUT2D eigenvalue weighted by Crippen LogP contribution is 2.32. The lowest BCUT2D eigenvalue weighted by atomic mass is 9.94. The van der Waals surface area contributed by atoms with Crippen LogP contribution in [0.1, 0.15) is 49.7 Å². The van der Waals surface area contributed by atoms with Gasteiger partial charge in [0, 0.05) is 38.1 Å². The average molecular weight is 424 g/mol. The van der Waals surface area contributed by atoms with Crippen molar-refractivity contribution in [1.29, 1.82) is 0 Å². The first kappa shape index (κ1) is 22.1. The average Bonchev–Trinajstić information content (AvgIpc) is 3.35. The van der Waals surface area contributed by atoms with Crippen molar-refractivity contribution in [3.05, 3.63) is 53.9 Å².